The van der Waals surface area contributed by atoms with Crippen LogP contribution in [0, 0.1) is 0 Å². The lowest BCUT2D eigenvalue weighted by Crippen LogP contribution is -2.30. The first-order chi connectivity index (χ1) is 21.1. The molecule has 0 unspecified atom stereocenters. The molecule has 2 nitrogen and oxygen atoms in total. The molecular formula is C41H40O2. The maximum atomic E-state index is 6.77. The normalized spacial score (nSPS) is 15.2. The lowest BCUT2D eigenvalue weighted by Gasteiger charge is -2.36. The molecule has 216 valence electrons. The molecule has 4 aromatic carbocycles. The van der Waals surface area contributed by atoms with Gasteiger partial charge in [-0.1, -0.05) is 125 Å². The van der Waals surface area contributed by atoms with Crippen LogP contribution in [0.15, 0.2) is 140 Å². The minimum Gasteiger partial charge on any atom is -0.456 e. The van der Waals surface area contributed by atoms with E-state index in [-0.39, 0.29) is 0 Å². The Morgan fingerprint density at radius 3 is 1.63 bits per heavy atom. The minimum atomic E-state index is -0.631. The van der Waals surface area contributed by atoms with Gasteiger partial charge in [-0.3, -0.25) is 0 Å². The summed E-state index contributed by atoms with van der Waals surface area (Å²) < 4.78 is 13.5. The molecule has 0 N–H and O–H groups in total. The van der Waals surface area contributed by atoms with Gasteiger partial charge in [-0.05, 0) is 61.1 Å². The average Bonchev–Trinajstić information content (AvgIpc) is 3.69. The highest BCUT2D eigenvalue weighted by Gasteiger charge is 2.49. The molecule has 6 aromatic rings. The fourth-order valence-electron chi connectivity index (χ4n) is 7.16. The van der Waals surface area contributed by atoms with E-state index in [2.05, 4.69) is 125 Å². The molecule has 2 aromatic heterocycles. The second-order valence-electron chi connectivity index (χ2n) is 10.9. The zero-order valence-corrected chi connectivity index (χ0v) is 26.1. The fourth-order valence-corrected chi connectivity index (χ4v) is 7.16. The third-order valence-electron chi connectivity index (χ3n) is 8.81. The molecule has 2 heterocycles. The highest BCUT2D eigenvalue weighted by Crippen LogP contribution is 2.58. The second kappa shape index (κ2) is 11.6. The van der Waals surface area contributed by atoms with Crippen molar-refractivity contribution in [2.75, 3.05) is 0 Å². The van der Waals surface area contributed by atoms with Crippen LogP contribution >= 0.6 is 0 Å². The molecule has 0 bridgehead atoms. The minimum absolute atomic E-state index is 0.631. The smallest absolute Gasteiger partial charge is 0.140 e. The number of rotatable bonds is 6. The molecule has 1 aliphatic carbocycles. The van der Waals surface area contributed by atoms with Crippen LogP contribution in [-0.4, -0.2) is 0 Å². The molecule has 0 fully saturated rings. The van der Waals surface area contributed by atoms with Crippen LogP contribution in [0.3, 0.4) is 0 Å². The van der Waals surface area contributed by atoms with Gasteiger partial charge in [0, 0.05) is 32.7 Å². The Labute approximate surface area is 254 Å². The van der Waals surface area contributed by atoms with Gasteiger partial charge in [-0.15, -0.1) is 0 Å². The number of fused-ring (bicyclic) bond motifs is 6. The van der Waals surface area contributed by atoms with Crippen LogP contribution < -0.4 is 0 Å². The summed E-state index contributed by atoms with van der Waals surface area (Å²) in [5, 5.41) is 4.54. The predicted octanol–water partition coefficient (Wildman–Crippen LogP) is 12.4. The standard InChI is InChI=1S/C39H34O2.C2H6/c1-5-8-20-32-26(7-3)25(4)31(15-6-2)39(32,33-21-13-18-29-27-16-9-11-23-35(27)40-37(29)33)34-22-14-19-30-28-17-10-12-24-36(28)41-38(30)34;1-2/h6,8-24H,5,7H2,1-4H3;1-2H3/b15-6-,20-8-;. The summed E-state index contributed by atoms with van der Waals surface area (Å²) in [4.78, 5) is 0. The summed E-state index contributed by atoms with van der Waals surface area (Å²) in [5.74, 6) is 0. The largest absolute Gasteiger partial charge is 0.456 e. The number of benzene rings is 4. The van der Waals surface area contributed by atoms with E-state index in [0.717, 1.165) is 67.8 Å². The third kappa shape index (κ3) is 4.15. The monoisotopic (exact) mass is 564 g/mol. The van der Waals surface area contributed by atoms with Crippen LogP contribution in [0.2, 0.25) is 0 Å². The van der Waals surface area contributed by atoms with Crippen molar-refractivity contribution >= 4 is 43.9 Å². The number of hydrogen-bond donors (Lipinski definition) is 0. The molecule has 0 spiro atoms. The highest BCUT2D eigenvalue weighted by molar-refractivity contribution is 6.09. The molecule has 0 radical (unpaired) electrons. The molecule has 0 aliphatic heterocycles. The zero-order valence-electron chi connectivity index (χ0n) is 26.1. The molecule has 0 atom stereocenters. The Morgan fingerprint density at radius 1 is 0.628 bits per heavy atom. The average molecular weight is 565 g/mol. The van der Waals surface area contributed by atoms with E-state index in [1.54, 1.807) is 0 Å². The topological polar surface area (TPSA) is 26.3 Å². The van der Waals surface area contributed by atoms with Crippen molar-refractivity contribution in [3.05, 3.63) is 143 Å². The van der Waals surface area contributed by atoms with Crippen molar-refractivity contribution in [1.82, 2.24) is 0 Å². The van der Waals surface area contributed by atoms with Gasteiger partial charge >= 0.3 is 0 Å². The zero-order chi connectivity index (χ0) is 30.1. The van der Waals surface area contributed by atoms with Crippen molar-refractivity contribution < 1.29 is 8.83 Å². The van der Waals surface area contributed by atoms with E-state index >= 15 is 0 Å². The Hall–Kier alpha value is -4.56. The highest BCUT2D eigenvalue weighted by atomic mass is 16.3. The van der Waals surface area contributed by atoms with Crippen LogP contribution in [0.1, 0.15) is 65.5 Å². The quantitative estimate of drug-likeness (QED) is 0.201. The van der Waals surface area contributed by atoms with Gasteiger partial charge in [-0.2, -0.15) is 0 Å². The summed E-state index contributed by atoms with van der Waals surface area (Å²) >= 11 is 0. The van der Waals surface area contributed by atoms with Gasteiger partial charge in [0.15, 0.2) is 0 Å². The van der Waals surface area contributed by atoms with E-state index in [9.17, 15) is 0 Å². The van der Waals surface area contributed by atoms with Crippen molar-refractivity contribution in [3.8, 4) is 0 Å². The van der Waals surface area contributed by atoms with Gasteiger partial charge in [0.1, 0.15) is 22.3 Å². The van der Waals surface area contributed by atoms with Crippen LogP contribution in [0.4, 0.5) is 0 Å². The third-order valence-corrected chi connectivity index (χ3v) is 8.81. The van der Waals surface area contributed by atoms with Crippen molar-refractivity contribution in [2.45, 2.75) is 59.8 Å². The van der Waals surface area contributed by atoms with Gasteiger partial charge in [0.25, 0.3) is 0 Å². The molecule has 7 rings (SSSR count). The number of hydrogen-bond acceptors (Lipinski definition) is 2. The van der Waals surface area contributed by atoms with E-state index in [1.165, 1.54) is 22.3 Å². The summed E-state index contributed by atoms with van der Waals surface area (Å²) in [7, 11) is 0. The first-order valence-corrected chi connectivity index (χ1v) is 15.7. The molecular weight excluding hydrogens is 524 g/mol. The fraction of sp³-hybridized carbons (Fsp3) is 0.220. The van der Waals surface area contributed by atoms with Crippen LogP contribution in [0.25, 0.3) is 43.9 Å². The first-order valence-electron chi connectivity index (χ1n) is 15.7. The van der Waals surface area contributed by atoms with Crippen molar-refractivity contribution in [2.24, 2.45) is 0 Å². The van der Waals surface area contributed by atoms with Crippen molar-refractivity contribution in [3.63, 3.8) is 0 Å². The van der Waals surface area contributed by atoms with Gasteiger partial charge in [0.05, 0.1) is 5.41 Å². The molecule has 43 heavy (non-hydrogen) atoms. The number of furan rings is 2. The Kier molecular flexibility index (Phi) is 7.71. The number of para-hydroxylation sites is 4. The maximum Gasteiger partial charge on any atom is 0.140 e. The lowest BCUT2D eigenvalue weighted by molar-refractivity contribution is 0.631. The molecule has 0 saturated heterocycles. The van der Waals surface area contributed by atoms with Crippen LogP contribution in [-0.2, 0) is 5.41 Å². The lowest BCUT2D eigenvalue weighted by atomic mass is 9.65. The Bertz CT molecular complexity index is 1970. The molecule has 1 aliphatic rings. The molecule has 2 heteroatoms. The SMILES string of the molecule is C/C=C\C1=C(C)C(CC)=C(/C=C\CC)C1(c1cccc2c1oc1ccccc12)c1cccc2c1oc1ccccc12.CC. The Morgan fingerprint density at radius 2 is 1.14 bits per heavy atom. The first kappa shape index (κ1) is 28.6. The predicted molar refractivity (Wildman–Crippen MR) is 184 cm³/mol. The summed E-state index contributed by atoms with van der Waals surface area (Å²) in [5.41, 5.74) is 10.6. The second-order valence-corrected chi connectivity index (χ2v) is 10.9. The van der Waals surface area contributed by atoms with Gasteiger partial charge in [0.2, 0.25) is 0 Å². The molecule has 0 amide bonds. The van der Waals surface area contributed by atoms with Gasteiger partial charge in [-0.25, -0.2) is 0 Å². The van der Waals surface area contributed by atoms with Crippen molar-refractivity contribution in [1.29, 1.82) is 0 Å². The van der Waals surface area contributed by atoms with Crippen LogP contribution in [0.5, 0.6) is 0 Å². The maximum absolute atomic E-state index is 6.77. The van der Waals surface area contributed by atoms with E-state index in [0.29, 0.717) is 0 Å². The van der Waals surface area contributed by atoms with E-state index < -0.39 is 5.41 Å². The number of allylic oxidation sites excluding steroid dienone is 8. The summed E-state index contributed by atoms with van der Waals surface area (Å²) in [6.07, 6.45) is 11.0. The molecule has 0 saturated carbocycles. The van der Waals surface area contributed by atoms with E-state index in [4.69, 9.17) is 8.83 Å². The van der Waals surface area contributed by atoms with E-state index in [1.807, 2.05) is 26.0 Å². The summed E-state index contributed by atoms with van der Waals surface area (Å²) in [6, 6.07) is 30.0. The summed E-state index contributed by atoms with van der Waals surface area (Å²) in [6.45, 7) is 12.9. The van der Waals surface area contributed by atoms with Gasteiger partial charge < -0.3 is 8.83 Å². The Balaban J connectivity index is 0.00000161.